The lowest BCUT2D eigenvalue weighted by molar-refractivity contribution is -0.139. The maximum Gasteiger partial charge on any atom is 0.341 e. The van der Waals surface area contributed by atoms with E-state index in [1.807, 2.05) is 24.3 Å². The second-order valence-electron chi connectivity index (χ2n) is 6.96. The molecule has 0 radical (unpaired) electrons. The first-order valence-electron chi connectivity index (χ1n) is 9.02. The zero-order valence-electron chi connectivity index (χ0n) is 15.2. The van der Waals surface area contributed by atoms with Crippen LogP contribution in [0.15, 0.2) is 54.6 Å². The molecule has 0 saturated carbocycles. The molecule has 2 aromatic rings. The number of carbonyl (C=O) groups is 1. The van der Waals surface area contributed by atoms with E-state index in [2.05, 4.69) is 47.2 Å². The molecule has 1 fully saturated rings. The van der Waals surface area contributed by atoms with Crippen molar-refractivity contribution in [2.45, 2.75) is 13.0 Å². The van der Waals surface area contributed by atoms with Crippen molar-refractivity contribution in [2.24, 2.45) is 5.92 Å². The number of nitrogens with zero attached hydrogens (tertiary/aromatic N) is 2. The molecule has 1 aliphatic heterocycles. The van der Waals surface area contributed by atoms with Crippen molar-refractivity contribution in [3.05, 3.63) is 60.2 Å². The minimum absolute atomic E-state index is 0.307. The van der Waals surface area contributed by atoms with Crippen LogP contribution in [0.2, 0.25) is 0 Å². The minimum atomic E-state index is -0.963. The van der Waals surface area contributed by atoms with Crippen molar-refractivity contribution in [3.8, 4) is 5.75 Å². The Labute approximate surface area is 154 Å². The van der Waals surface area contributed by atoms with Crippen molar-refractivity contribution in [1.82, 2.24) is 4.90 Å². The number of hydrogen-bond acceptors (Lipinski definition) is 4. The summed E-state index contributed by atoms with van der Waals surface area (Å²) in [7, 11) is 2.15. The van der Waals surface area contributed by atoms with Gasteiger partial charge in [-0.3, -0.25) is 0 Å². The summed E-state index contributed by atoms with van der Waals surface area (Å²) in [4.78, 5) is 15.3. The van der Waals surface area contributed by atoms with Crippen LogP contribution in [0.25, 0.3) is 0 Å². The van der Waals surface area contributed by atoms with E-state index in [-0.39, 0.29) is 6.61 Å². The summed E-state index contributed by atoms with van der Waals surface area (Å²) in [5, 5.41) is 8.64. The molecule has 3 rings (SSSR count). The van der Waals surface area contributed by atoms with E-state index in [1.54, 1.807) is 0 Å². The number of para-hydroxylation sites is 1. The van der Waals surface area contributed by atoms with Gasteiger partial charge in [0, 0.05) is 31.9 Å². The van der Waals surface area contributed by atoms with Crippen LogP contribution in [-0.4, -0.2) is 49.3 Å². The van der Waals surface area contributed by atoms with Gasteiger partial charge in [0.05, 0.1) is 0 Å². The van der Waals surface area contributed by atoms with Gasteiger partial charge in [0.25, 0.3) is 0 Å². The van der Waals surface area contributed by atoms with Gasteiger partial charge in [-0.05, 0) is 49.2 Å². The Morgan fingerprint density at radius 2 is 1.92 bits per heavy atom. The molecule has 0 bridgehead atoms. The fraction of sp³-hybridized carbons (Fsp3) is 0.381. The van der Waals surface area contributed by atoms with Crippen molar-refractivity contribution in [1.29, 1.82) is 0 Å². The fourth-order valence-electron chi connectivity index (χ4n) is 3.51. The quantitative estimate of drug-likeness (QED) is 0.789. The minimum Gasteiger partial charge on any atom is -0.482 e. The van der Waals surface area contributed by atoms with E-state index in [9.17, 15) is 4.79 Å². The van der Waals surface area contributed by atoms with E-state index in [0.717, 1.165) is 26.2 Å². The van der Waals surface area contributed by atoms with E-state index in [0.29, 0.717) is 11.7 Å². The Bertz CT molecular complexity index is 703. The molecular weight excluding hydrogens is 328 g/mol. The van der Waals surface area contributed by atoms with Crippen LogP contribution >= 0.6 is 0 Å². The second kappa shape index (κ2) is 8.72. The summed E-state index contributed by atoms with van der Waals surface area (Å²) in [6.45, 7) is 3.87. The van der Waals surface area contributed by atoms with Gasteiger partial charge >= 0.3 is 5.97 Å². The highest BCUT2D eigenvalue weighted by Crippen LogP contribution is 2.24. The molecule has 0 unspecified atom stereocenters. The molecular formula is C21H26N2O3. The Hall–Kier alpha value is -2.53. The van der Waals surface area contributed by atoms with Crippen LogP contribution in [0.1, 0.15) is 12.0 Å². The molecule has 5 heteroatoms. The first kappa shape index (κ1) is 18.3. The molecule has 138 valence electrons. The molecule has 0 spiro atoms. The largest absolute Gasteiger partial charge is 0.482 e. The van der Waals surface area contributed by atoms with Gasteiger partial charge in [-0.25, -0.2) is 4.79 Å². The molecule has 1 aliphatic rings. The highest BCUT2D eigenvalue weighted by atomic mass is 16.5. The third kappa shape index (κ3) is 5.23. The van der Waals surface area contributed by atoms with Gasteiger partial charge < -0.3 is 19.6 Å². The summed E-state index contributed by atoms with van der Waals surface area (Å²) in [5.74, 6) is 0.307. The maximum absolute atomic E-state index is 10.5. The fourth-order valence-corrected chi connectivity index (χ4v) is 3.51. The van der Waals surface area contributed by atoms with Crippen molar-refractivity contribution in [2.75, 3.05) is 38.2 Å². The average Bonchev–Trinajstić information content (AvgIpc) is 3.10. The SMILES string of the molecule is CN(Cc1ccc(OCC(=O)O)cc1)C[C@@H]1CCN(c2ccccc2)C1. The highest BCUT2D eigenvalue weighted by molar-refractivity contribution is 5.68. The van der Waals surface area contributed by atoms with Gasteiger partial charge in [0.15, 0.2) is 6.61 Å². The third-order valence-electron chi connectivity index (χ3n) is 4.72. The lowest BCUT2D eigenvalue weighted by atomic mass is 10.1. The number of hydrogen-bond donors (Lipinski definition) is 1. The molecule has 2 aromatic carbocycles. The molecule has 1 atom stereocenters. The predicted octanol–water partition coefficient (Wildman–Crippen LogP) is 3.11. The Balaban J connectivity index is 1.45. The molecule has 0 aromatic heterocycles. The van der Waals surface area contributed by atoms with Crippen LogP contribution in [0, 0.1) is 5.92 Å². The van der Waals surface area contributed by atoms with Crippen LogP contribution in [0.5, 0.6) is 5.75 Å². The van der Waals surface area contributed by atoms with Crippen molar-refractivity contribution in [3.63, 3.8) is 0 Å². The number of ether oxygens (including phenoxy) is 1. The molecule has 1 saturated heterocycles. The van der Waals surface area contributed by atoms with Crippen molar-refractivity contribution >= 4 is 11.7 Å². The smallest absolute Gasteiger partial charge is 0.341 e. The maximum atomic E-state index is 10.5. The summed E-state index contributed by atoms with van der Waals surface area (Å²) >= 11 is 0. The van der Waals surface area contributed by atoms with Crippen LogP contribution in [-0.2, 0) is 11.3 Å². The van der Waals surface area contributed by atoms with Crippen LogP contribution in [0.4, 0.5) is 5.69 Å². The topological polar surface area (TPSA) is 53.0 Å². The number of anilines is 1. The second-order valence-corrected chi connectivity index (χ2v) is 6.96. The summed E-state index contributed by atoms with van der Waals surface area (Å²) in [5.41, 5.74) is 2.52. The molecule has 26 heavy (non-hydrogen) atoms. The average molecular weight is 354 g/mol. The molecule has 0 amide bonds. The van der Waals surface area contributed by atoms with Gasteiger partial charge in [-0.1, -0.05) is 30.3 Å². The standard InChI is InChI=1S/C21H26N2O3/c1-22(13-17-7-9-20(10-8-17)26-16-21(24)25)14-18-11-12-23(15-18)19-5-3-2-4-6-19/h2-10,18H,11-16H2,1H3,(H,24,25)/t18-/m0/s1. The monoisotopic (exact) mass is 354 g/mol. The first-order valence-corrected chi connectivity index (χ1v) is 9.02. The highest BCUT2D eigenvalue weighted by Gasteiger charge is 2.23. The third-order valence-corrected chi connectivity index (χ3v) is 4.72. The number of benzene rings is 2. The summed E-state index contributed by atoms with van der Waals surface area (Å²) in [6.07, 6.45) is 1.22. The van der Waals surface area contributed by atoms with E-state index >= 15 is 0 Å². The Kier molecular flexibility index (Phi) is 6.12. The molecule has 5 nitrogen and oxygen atoms in total. The first-order chi connectivity index (χ1) is 12.6. The normalized spacial score (nSPS) is 16.8. The van der Waals surface area contributed by atoms with Gasteiger partial charge in [0.2, 0.25) is 0 Å². The van der Waals surface area contributed by atoms with Gasteiger partial charge in [-0.15, -0.1) is 0 Å². The van der Waals surface area contributed by atoms with E-state index in [4.69, 9.17) is 9.84 Å². The molecule has 1 N–H and O–H groups in total. The lowest BCUT2D eigenvalue weighted by Gasteiger charge is -2.22. The molecule has 0 aliphatic carbocycles. The molecule has 1 heterocycles. The number of aliphatic carboxylic acids is 1. The van der Waals surface area contributed by atoms with Gasteiger partial charge in [0.1, 0.15) is 5.75 Å². The van der Waals surface area contributed by atoms with Gasteiger partial charge in [-0.2, -0.15) is 0 Å². The number of rotatable bonds is 8. The summed E-state index contributed by atoms with van der Waals surface area (Å²) in [6, 6.07) is 18.3. The lowest BCUT2D eigenvalue weighted by Crippen LogP contribution is -2.28. The summed E-state index contributed by atoms with van der Waals surface area (Å²) < 4.78 is 5.17. The van der Waals surface area contributed by atoms with E-state index < -0.39 is 5.97 Å². The van der Waals surface area contributed by atoms with Crippen LogP contribution in [0.3, 0.4) is 0 Å². The Morgan fingerprint density at radius 3 is 2.62 bits per heavy atom. The van der Waals surface area contributed by atoms with E-state index in [1.165, 1.54) is 17.7 Å². The zero-order chi connectivity index (χ0) is 18.4. The predicted molar refractivity (Wildman–Crippen MR) is 103 cm³/mol. The number of carboxylic acid groups (broad SMARTS) is 1. The Morgan fingerprint density at radius 1 is 1.19 bits per heavy atom. The van der Waals surface area contributed by atoms with Crippen LogP contribution < -0.4 is 9.64 Å². The van der Waals surface area contributed by atoms with Crippen molar-refractivity contribution < 1.29 is 14.6 Å². The number of carboxylic acids is 1. The zero-order valence-corrected chi connectivity index (χ0v) is 15.2.